The molecular formula is C11H12ClN5O2. The van der Waals surface area contributed by atoms with Crippen LogP contribution in [0.1, 0.15) is 6.42 Å². The van der Waals surface area contributed by atoms with E-state index in [9.17, 15) is 9.90 Å². The van der Waals surface area contributed by atoms with Gasteiger partial charge in [0.15, 0.2) is 5.65 Å². The van der Waals surface area contributed by atoms with Gasteiger partial charge in [-0.2, -0.15) is 5.10 Å². The Morgan fingerprint density at radius 3 is 3.16 bits per heavy atom. The van der Waals surface area contributed by atoms with Gasteiger partial charge in [0.2, 0.25) is 0 Å². The highest BCUT2D eigenvalue weighted by molar-refractivity contribution is 6.29. The first-order valence-corrected chi connectivity index (χ1v) is 6.25. The van der Waals surface area contributed by atoms with Crippen molar-refractivity contribution in [1.82, 2.24) is 19.5 Å². The number of β-amino-alcohol motifs (C(OH)–C–C–N with tert-alkyl or cyclic N) is 1. The summed E-state index contributed by atoms with van der Waals surface area (Å²) in [4.78, 5) is 17.7. The second kappa shape index (κ2) is 4.67. The summed E-state index contributed by atoms with van der Waals surface area (Å²) in [5.74, 6) is 0. The molecule has 0 spiro atoms. The van der Waals surface area contributed by atoms with Gasteiger partial charge in [0.1, 0.15) is 10.8 Å². The Labute approximate surface area is 113 Å². The largest absolute Gasteiger partial charge is 0.391 e. The van der Waals surface area contributed by atoms with Gasteiger partial charge < -0.3 is 15.3 Å². The average Bonchev–Trinajstić information content (AvgIpc) is 2.97. The number of anilines is 1. The first-order valence-electron chi connectivity index (χ1n) is 5.87. The number of hydrogen-bond donors (Lipinski definition) is 2. The first-order chi connectivity index (χ1) is 9.13. The molecule has 1 atom stereocenters. The van der Waals surface area contributed by atoms with Crippen molar-refractivity contribution < 1.29 is 9.90 Å². The molecule has 19 heavy (non-hydrogen) atoms. The maximum absolute atomic E-state index is 12.0. The van der Waals surface area contributed by atoms with Crippen LogP contribution in [0.15, 0.2) is 18.5 Å². The molecule has 2 aromatic heterocycles. The number of carbonyl (C=O) groups excluding carboxylic acids is 1. The van der Waals surface area contributed by atoms with Gasteiger partial charge in [0, 0.05) is 19.3 Å². The Balaban J connectivity index is 1.81. The highest BCUT2D eigenvalue weighted by Crippen LogP contribution is 2.18. The first kappa shape index (κ1) is 12.2. The van der Waals surface area contributed by atoms with Crippen molar-refractivity contribution in [2.75, 3.05) is 18.4 Å². The molecule has 100 valence electrons. The van der Waals surface area contributed by atoms with Crippen molar-refractivity contribution in [2.45, 2.75) is 12.5 Å². The van der Waals surface area contributed by atoms with Crippen LogP contribution < -0.4 is 5.32 Å². The van der Waals surface area contributed by atoms with Gasteiger partial charge in [-0.05, 0) is 12.5 Å². The van der Waals surface area contributed by atoms with Crippen molar-refractivity contribution >= 4 is 29.0 Å². The minimum Gasteiger partial charge on any atom is -0.391 e. The summed E-state index contributed by atoms with van der Waals surface area (Å²) >= 11 is 5.82. The lowest BCUT2D eigenvalue weighted by Crippen LogP contribution is -2.33. The zero-order valence-electron chi connectivity index (χ0n) is 9.95. The summed E-state index contributed by atoms with van der Waals surface area (Å²) in [6.45, 7) is 0.889. The molecule has 3 heterocycles. The predicted molar refractivity (Wildman–Crippen MR) is 69.2 cm³/mol. The number of urea groups is 1. The molecule has 3 rings (SSSR count). The van der Waals surface area contributed by atoms with Crippen molar-refractivity contribution in [3.8, 4) is 0 Å². The van der Waals surface area contributed by atoms with Crippen molar-refractivity contribution in [3.05, 3.63) is 23.6 Å². The highest BCUT2D eigenvalue weighted by Gasteiger charge is 2.25. The molecule has 1 unspecified atom stereocenters. The van der Waals surface area contributed by atoms with E-state index in [1.54, 1.807) is 17.2 Å². The van der Waals surface area contributed by atoms with E-state index in [2.05, 4.69) is 15.4 Å². The molecule has 1 fully saturated rings. The molecule has 0 radical (unpaired) electrons. The van der Waals surface area contributed by atoms with Gasteiger partial charge in [-0.1, -0.05) is 11.6 Å². The average molecular weight is 282 g/mol. The fraction of sp³-hybridized carbons (Fsp3) is 0.364. The number of aliphatic hydroxyl groups excluding tert-OH is 1. The second-order valence-corrected chi connectivity index (χ2v) is 4.78. The Bertz CT molecular complexity index is 629. The van der Waals surface area contributed by atoms with Crippen LogP contribution in [-0.2, 0) is 0 Å². The number of aromatic nitrogens is 3. The Kier molecular flexibility index (Phi) is 3.00. The van der Waals surface area contributed by atoms with E-state index >= 15 is 0 Å². The van der Waals surface area contributed by atoms with Crippen LogP contribution in [-0.4, -0.2) is 49.8 Å². The van der Waals surface area contributed by atoms with Crippen LogP contribution in [0.4, 0.5) is 10.5 Å². The number of rotatable bonds is 1. The lowest BCUT2D eigenvalue weighted by Gasteiger charge is -2.15. The van der Waals surface area contributed by atoms with Gasteiger partial charge in [-0.25, -0.2) is 14.3 Å². The number of amides is 2. The standard InChI is InChI=1S/C11H12ClN5O2/c12-9-2-4-17-10(15-9)8(5-13-17)14-11(19)16-3-1-7(18)6-16/h2,4-5,7,18H,1,3,6H2,(H,14,19). The summed E-state index contributed by atoms with van der Waals surface area (Å²) in [7, 11) is 0. The van der Waals surface area contributed by atoms with Gasteiger partial charge in [-0.15, -0.1) is 0 Å². The maximum atomic E-state index is 12.0. The van der Waals surface area contributed by atoms with Crippen LogP contribution in [0, 0.1) is 0 Å². The van der Waals surface area contributed by atoms with Crippen molar-refractivity contribution in [2.24, 2.45) is 0 Å². The number of likely N-dealkylation sites (tertiary alicyclic amines) is 1. The third kappa shape index (κ3) is 2.34. The number of nitrogens with zero attached hydrogens (tertiary/aromatic N) is 4. The van der Waals surface area contributed by atoms with E-state index < -0.39 is 6.10 Å². The lowest BCUT2D eigenvalue weighted by molar-refractivity contribution is 0.176. The maximum Gasteiger partial charge on any atom is 0.322 e. The Hall–Kier alpha value is -1.86. The number of aliphatic hydroxyl groups is 1. The van der Waals surface area contributed by atoms with Crippen LogP contribution in [0.25, 0.3) is 5.65 Å². The summed E-state index contributed by atoms with van der Waals surface area (Å²) in [5.41, 5.74) is 0.981. The predicted octanol–water partition coefficient (Wildman–Crippen LogP) is 0.981. The fourth-order valence-electron chi connectivity index (χ4n) is 2.06. The van der Waals surface area contributed by atoms with E-state index in [0.29, 0.717) is 36.0 Å². The fourth-order valence-corrected chi connectivity index (χ4v) is 2.19. The topological polar surface area (TPSA) is 82.8 Å². The third-order valence-corrected chi connectivity index (χ3v) is 3.24. The molecule has 1 aliphatic heterocycles. The van der Waals surface area contributed by atoms with E-state index in [4.69, 9.17) is 11.6 Å². The van der Waals surface area contributed by atoms with E-state index in [0.717, 1.165) is 0 Å². The van der Waals surface area contributed by atoms with Gasteiger partial charge in [0.25, 0.3) is 0 Å². The molecule has 7 nitrogen and oxygen atoms in total. The molecule has 0 bridgehead atoms. The molecule has 1 saturated heterocycles. The molecule has 8 heteroatoms. The zero-order valence-corrected chi connectivity index (χ0v) is 10.7. The van der Waals surface area contributed by atoms with E-state index in [1.807, 2.05) is 0 Å². The molecule has 1 aliphatic rings. The smallest absolute Gasteiger partial charge is 0.322 e. The van der Waals surface area contributed by atoms with E-state index in [1.165, 1.54) is 10.7 Å². The normalized spacial score (nSPS) is 19.1. The number of halogens is 1. The van der Waals surface area contributed by atoms with Crippen molar-refractivity contribution in [1.29, 1.82) is 0 Å². The molecule has 0 aromatic carbocycles. The molecule has 0 saturated carbocycles. The molecule has 2 N–H and O–H groups in total. The van der Waals surface area contributed by atoms with Crippen LogP contribution in [0.3, 0.4) is 0 Å². The summed E-state index contributed by atoms with van der Waals surface area (Å²) < 4.78 is 1.53. The van der Waals surface area contributed by atoms with E-state index in [-0.39, 0.29) is 6.03 Å². The quantitative estimate of drug-likeness (QED) is 0.764. The Morgan fingerprint density at radius 2 is 2.42 bits per heavy atom. The number of nitrogens with one attached hydrogen (secondary N) is 1. The SMILES string of the molecule is O=C(Nc1cnn2ccc(Cl)nc12)N1CCC(O)C1. The highest BCUT2D eigenvalue weighted by atomic mass is 35.5. The van der Waals surface area contributed by atoms with Crippen LogP contribution in [0.2, 0.25) is 5.15 Å². The van der Waals surface area contributed by atoms with Crippen molar-refractivity contribution in [3.63, 3.8) is 0 Å². The third-order valence-electron chi connectivity index (χ3n) is 3.03. The Morgan fingerprint density at radius 1 is 1.58 bits per heavy atom. The van der Waals surface area contributed by atoms with Gasteiger partial charge in [0.05, 0.1) is 12.3 Å². The summed E-state index contributed by atoms with van der Waals surface area (Å²) in [6, 6.07) is 1.34. The van der Waals surface area contributed by atoms with Gasteiger partial charge in [-0.3, -0.25) is 0 Å². The van der Waals surface area contributed by atoms with Gasteiger partial charge >= 0.3 is 6.03 Å². The molecule has 0 aliphatic carbocycles. The number of carbonyl (C=O) groups is 1. The number of fused-ring (bicyclic) bond motifs is 1. The molecule has 2 aromatic rings. The molecule has 2 amide bonds. The lowest BCUT2D eigenvalue weighted by atomic mass is 10.3. The summed E-state index contributed by atoms with van der Waals surface area (Å²) in [6.07, 6.45) is 3.34. The van der Waals surface area contributed by atoms with Crippen LogP contribution in [0.5, 0.6) is 0 Å². The molecular weight excluding hydrogens is 270 g/mol. The minimum absolute atomic E-state index is 0.270. The van der Waals surface area contributed by atoms with Crippen LogP contribution >= 0.6 is 11.6 Å². The minimum atomic E-state index is -0.442. The monoisotopic (exact) mass is 281 g/mol. The zero-order chi connectivity index (χ0) is 13.4. The number of hydrogen-bond acceptors (Lipinski definition) is 4. The second-order valence-electron chi connectivity index (χ2n) is 4.40. The summed E-state index contributed by atoms with van der Waals surface area (Å²) in [5, 5.41) is 16.5.